The van der Waals surface area contributed by atoms with Crippen LogP contribution in [0.15, 0.2) is 11.9 Å². The molecule has 0 N–H and O–H groups in total. The minimum atomic E-state index is 1.09. The SMILES string of the molecule is CN1C=C2CN(C)CCN2C1. The van der Waals surface area contributed by atoms with Crippen LogP contribution >= 0.6 is 0 Å². The lowest BCUT2D eigenvalue weighted by Crippen LogP contribution is -2.41. The van der Waals surface area contributed by atoms with Gasteiger partial charge in [-0.3, -0.25) is 4.90 Å². The van der Waals surface area contributed by atoms with Crippen molar-refractivity contribution in [2.75, 3.05) is 40.4 Å². The van der Waals surface area contributed by atoms with Gasteiger partial charge in [-0.25, -0.2) is 0 Å². The van der Waals surface area contributed by atoms with Gasteiger partial charge in [0.2, 0.25) is 0 Å². The van der Waals surface area contributed by atoms with Crippen LogP contribution in [0.2, 0.25) is 0 Å². The Morgan fingerprint density at radius 1 is 1.27 bits per heavy atom. The standard InChI is InChI=1S/C8H15N3/c1-9-3-4-11-7-10(2)6-8(11)5-9/h6H,3-5,7H2,1-2H3. The molecule has 0 aliphatic carbocycles. The van der Waals surface area contributed by atoms with Crippen LogP contribution < -0.4 is 0 Å². The molecule has 0 bridgehead atoms. The average Bonchev–Trinajstić information content (AvgIpc) is 2.27. The lowest BCUT2D eigenvalue weighted by molar-refractivity contribution is 0.191. The van der Waals surface area contributed by atoms with Gasteiger partial charge in [0.15, 0.2) is 0 Å². The van der Waals surface area contributed by atoms with E-state index in [1.165, 1.54) is 18.8 Å². The van der Waals surface area contributed by atoms with Crippen molar-refractivity contribution < 1.29 is 0 Å². The fourth-order valence-corrected chi connectivity index (χ4v) is 1.74. The van der Waals surface area contributed by atoms with E-state index >= 15 is 0 Å². The van der Waals surface area contributed by atoms with Gasteiger partial charge in [0.1, 0.15) is 0 Å². The van der Waals surface area contributed by atoms with Gasteiger partial charge in [-0.2, -0.15) is 0 Å². The van der Waals surface area contributed by atoms with Crippen LogP contribution in [0.4, 0.5) is 0 Å². The van der Waals surface area contributed by atoms with E-state index in [4.69, 9.17) is 0 Å². The smallest absolute Gasteiger partial charge is 0.0894 e. The van der Waals surface area contributed by atoms with Crippen molar-refractivity contribution in [1.82, 2.24) is 14.7 Å². The first-order chi connectivity index (χ1) is 5.25. The highest BCUT2D eigenvalue weighted by molar-refractivity contribution is 5.10. The van der Waals surface area contributed by atoms with E-state index in [1.54, 1.807) is 0 Å². The van der Waals surface area contributed by atoms with E-state index < -0.39 is 0 Å². The van der Waals surface area contributed by atoms with E-state index in [9.17, 15) is 0 Å². The minimum absolute atomic E-state index is 1.09. The summed E-state index contributed by atoms with van der Waals surface area (Å²) in [4.78, 5) is 7.05. The molecule has 0 aromatic rings. The molecular weight excluding hydrogens is 138 g/mol. The highest BCUT2D eigenvalue weighted by atomic mass is 15.4. The van der Waals surface area contributed by atoms with Crippen LogP contribution in [-0.2, 0) is 0 Å². The second kappa shape index (κ2) is 2.41. The van der Waals surface area contributed by atoms with E-state index in [0.717, 1.165) is 13.2 Å². The lowest BCUT2D eigenvalue weighted by Gasteiger charge is -2.32. The Morgan fingerprint density at radius 2 is 2.09 bits per heavy atom. The molecular formula is C8H15N3. The fraction of sp³-hybridized carbons (Fsp3) is 0.750. The third-order valence-corrected chi connectivity index (χ3v) is 2.35. The molecule has 2 rings (SSSR count). The molecule has 1 fully saturated rings. The number of fused-ring (bicyclic) bond motifs is 1. The molecule has 0 radical (unpaired) electrons. The van der Waals surface area contributed by atoms with Gasteiger partial charge in [0.05, 0.1) is 6.67 Å². The maximum atomic E-state index is 2.44. The summed E-state index contributed by atoms with van der Waals surface area (Å²) in [6.45, 7) is 4.59. The summed E-state index contributed by atoms with van der Waals surface area (Å²) in [5, 5.41) is 0. The summed E-state index contributed by atoms with van der Waals surface area (Å²) in [6.07, 6.45) is 2.25. The molecule has 1 saturated heterocycles. The summed E-state index contributed by atoms with van der Waals surface area (Å²) in [7, 11) is 4.31. The summed E-state index contributed by atoms with van der Waals surface area (Å²) in [5.74, 6) is 0. The molecule has 3 nitrogen and oxygen atoms in total. The van der Waals surface area contributed by atoms with Crippen LogP contribution in [0.5, 0.6) is 0 Å². The second-order valence-corrected chi connectivity index (χ2v) is 3.52. The highest BCUT2D eigenvalue weighted by Gasteiger charge is 2.23. The molecule has 2 aliphatic heterocycles. The zero-order valence-electron chi connectivity index (χ0n) is 7.25. The van der Waals surface area contributed by atoms with Gasteiger partial charge in [-0.1, -0.05) is 0 Å². The van der Waals surface area contributed by atoms with Crippen molar-refractivity contribution in [3.05, 3.63) is 11.9 Å². The summed E-state index contributed by atoms with van der Waals surface area (Å²) >= 11 is 0. The molecule has 0 unspecified atom stereocenters. The van der Waals surface area contributed by atoms with Crippen LogP contribution in [-0.4, -0.2) is 55.1 Å². The Labute approximate surface area is 67.9 Å². The van der Waals surface area contributed by atoms with Gasteiger partial charge in [0, 0.05) is 38.6 Å². The molecule has 3 heteroatoms. The van der Waals surface area contributed by atoms with Crippen LogP contribution in [0.25, 0.3) is 0 Å². The zero-order chi connectivity index (χ0) is 7.84. The van der Waals surface area contributed by atoms with Crippen LogP contribution in [0.1, 0.15) is 0 Å². The number of piperazine rings is 1. The second-order valence-electron chi connectivity index (χ2n) is 3.52. The molecule has 11 heavy (non-hydrogen) atoms. The Hall–Kier alpha value is -0.700. The first-order valence-electron chi connectivity index (χ1n) is 4.10. The number of hydrogen-bond acceptors (Lipinski definition) is 3. The number of nitrogens with zero attached hydrogens (tertiary/aromatic N) is 3. The fourth-order valence-electron chi connectivity index (χ4n) is 1.74. The van der Waals surface area contributed by atoms with E-state index in [1.807, 2.05) is 0 Å². The molecule has 0 saturated carbocycles. The molecule has 2 heterocycles. The number of likely N-dealkylation sites (N-methyl/N-ethyl adjacent to an activating group) is 1. The van der Waals surface area contributed by atoms with Gasteiger partial charge in [0.25, 0.3) is 0 Å². The molecule has 2 aliphatic rings. The normalized spacial score (nSPS) is 25.5. The van der Waals surface area contributed by atoms with Crippen molar-refractivity contribution in [1.29, 1.82) is 0 Å². The van der Waals surface area contributed by atoms with Crippen LogP contribution in [0, 0.1) is 0 Å². The first kappa shape index (κ1) is 6.98. The van der Waals surface area contributed by atoms with E-state index in [0.29, 0.717) is 0 Å². The van der Waals surface area contributed by atoms with Crippen molar-refractivity contribution in [2.45, 2.75) is 0 Å². The van der Waals surface area contributed by atoms with E-state index in [2.05, 4.69) is 35.0 Å². The predicted octanol–water partition coefficient (Wildman–Crippen LogP) is -0.0219. The number of hydrogen-bond donors (Lipinski definition) is 0. The Bertz CT molecular complexity index is 188. The summed E-state index contributed by atoms with van der Waals surface area (Å²) in [5.41, 5.74) is 1.47. The molecule has 0 aromatic carbocycles. The van der Waals surface area contributed by atoms with Crippen molar-refractivity contribution in [3.8, 4) is 0 Å². The zero-order valence-corrected chi connectivity index (χ0v) is 7.25. The topological polar surface area (TPSA) is 9.72 Å². The van der Waals surface area contributed by atoms with Gasteiger partial charge in [-0.05, 0) is 7.05 Å². The average molecular weight is 153 g/mol. The third kappa shape index (κ3) is 1.20. The molecule has 0 spiro atoms. The largest absolute Gasteiger partial charge is 0.361 e. The summed E-state index contributed by atoms with van der Waals surface area (Å²) in [6, 6.07) is 0. The first-order valence-corrected chi connectivity index (χ1v) is 4.10. The molecule has 0 amide bonds. The van der Waals surface area contributed by atoms with Crippen molar-refractivity contribution in [2.24, 2.45) is 0 Å². The lowest BCUT2D eigenvalue weighted by atomic mass is 10.3. The quantitative estimate of drug-likeness (QED) is 0.484. The van der Waals surface area contributed by atoms with Gasteiger partial charge >= 0.3 is 0 Å². The maximum absolute atomic E-state index is 2.44. The van der Waals surface area contributed by atoms with Crippen molar-refractivity contribution >= 4 is 0 Å². The predicted molar refractivity (Wildman–Crippen MR) is 44.9 cm³/mol. The maximum Gasteiger partial charge on any atom is 0.0894 e. The molecule has 0 atom stereocenters. The molecule has 62 valence electrons. The Balaban J connectivity index is 2.09. The van der Waals surface area contributed by atoms with E-state index in [-0.39, 0.29) is 0 Å². The van der Waals surface area contributed by atoms with Gasteiger partial charge in [-0.15, -0.1) is 0 Å². The third-order valence-electron chi connectivity index (χ3n) is 2.35. The van der Waals surface area contributed by atoms with Crippen molar-refractivity contribution in [3.63, 3.8) is 0 Å². The highest BCUT2D eigenvalue weighted by Crippen LogP contribution is 2.17. The summed E-state index contributed by atoms with van der Waals surface area (Å²) < 4.78 is 0. The molecule has 0 aromatic heterocycles. The van der Waals surface area contributed by atoms with Gasteiger partial charge < -0.3 is 9.80 Å². The Kier molecular flexibility index (Phi) is 1.53. The van der Waals surface area contributed by atoms with Crippen LogP contribution in [0.3, 0.4) is 0 Å². The number of rotatable bonds is 0. The monoisotopic (exact) mass is 153 g/mol. The Morgan fingerprint density at radius 3 is 2.91 bits per heavy atom. The minimum Gasteiger partial charge on any atom is -0.361 e.